The fourth-order valence-corrected chi connectivity index (χ4v) is 5.33. The largest absolute Gasteiger partial charge is 0.322 e. The molecule has 1 unspecified atom stereocenters. The highest BCUT2D eigenvalue weighted by Gasteiger charge is 2.40. The first-order valence-electron chi connectivity index (χ1n) is 9.93. The lowest BCUT2D eigenvalue weighted by atomic mass is 10.0. The Morgan fingerprint density at radius 2 is 1.97 bits per heavy atom. The zero-order chi connectivity index (χ0) is 22.5. The molecule has 3 amide bonds. The number of rotatable bonds is 5. The highest BCUT2D eigenvalue weighted by molar-refractivity contribution is 7.92. The molecule has 10 nitrogen and oxygen atoms in total. The Morgan fingerprint density at radius 1 is 1.23 bits per heavy atom. The average Bonchev–Trinajstić information content (AvgIpc) is 3.24. The first kappa shape index (κ1) is 21.0. The predicted molar refractivity (Wildman–Crippen MR) is 111 cm³/mol. The van der Waals surface area contributed by atoms with E-state index in [2.05, 4.69) is 15.1 Å². The number of carbonyl (C=O) groups excluding carboxylic acids is 3. The summed E-state index contributed by atoms with van der Waals surface area (Å²) in [7, 11) is -3.94. The van der Waals surface area contributed by atoms with Gasteiger partial charge >= 0.3 is 0 Å². The van der Waals surface area contributed by atoms with Crippen LogP contribution in [0.2, 0.25) is 0 Å². The lowest BCUT2D eigenvalue weighted by Crippen LogP contribution is -2.52. The molecule has 1 aromatic heterocycles. The summed E-state index contributed by atoms with van der Waals surface area (Å²) in [5.74, 6) is -1.25. The van der Waals surface area contributed by atoms with Crippen LogP contribution in [0.1, 0.15) is 54.3 Å². The Morgan fingerprint density at radius 3 is 2.61 bits per heavy atom. The highest BCUT2D eigenvalue weighted by atomic mass is 32.2. The summed E-state index contributed by atoms with van der Waals surface area (Å²) in [6.07, 6.45) is 1.69. The minimum Gasteiger partial charge on any atom is -0.322 e. The minimum absolute atomic E-state index is 0.00428. The summed E-state index contributed by atoms with van der Waals surface area (Å²) in [6, 6.07) is 4.01. The maximum Gasteiger partial charge on any atom is 0.265 e. The van der Waals surface area contributed by atoms with Crippen LogP contribution in [-0.2, 0) is 26.2 Å². The van der Waals surface area contributed by atoms with Gasteiger partial charge in [0, 0.05) is 30.1 Å². The van der Waals surface area contributed by atoms with Gasteiger partial charge in [0.25, 0.3) is 15.9 Å². The first-order chi connectivity index (χ1) is 14.6. The Hall–Kier alpha value is -3.21. The number of benzene rings is 1. The summed E-state index contributed by atoms with van der Waals surface area (Å²) < 4.78 is 30.3. The van der Waals surface area contributed by atoms with E-state index in [-0.39, 0.29) is 47.8 Å². The molecule has 2 aliphatic rings. The van der Waals surface area contributed by atoms with Crippen molar-refractivity contribution >= 4 is 33.4 Å². The molecule has 0 radical (unpaired) electrons. The van der Waals surface area contributed by atoms with E-state index < -0.39 is 22.0 Å². The molecule has 1 saturated heterocycles. The van der Waals surface area contributed by atoms with Crippen LogP contribution < -0.4 is 10.0 Å². The van der Waals surface area contributed by atoms with Crippen molar-refractivity contribution in [2.45, 2.75) is 57.1 Å². The van der Waals surface area contributed by atoms with Crippen LogP contribution in [0.15, 0.2) is 29.3 Å². The molecule has 0 aliphatic carbocycles. The minimum atomic E-state index is -3.94. The highest BCUT2D eigenvalue weighted by Crippen LogP contribution is 2.33. The monoisotopic (exact) mass is 445 g/mol. The van der Waals surface area contributed by atoms with Gasteiger partial charge in [-0.25, -0.2) is 8.42 Å². The van der Waals surface area contributed by atoms with Crippen LogP contribution in [0.25, 0.3) is 0 Å². The molecule has 4 rings (SSSR count). The Kier molecular flexibility index (Phi) is 5.08. The third-order valence-corrected chi connectivity index (χ3v) is 7.07. The van der Waals surface area contributed by atoms with Crippen LogP contribution in [0.4, 0.5) is 5.69 Å². The van der Waals surface area contributed by atoms with E-state index in [0.29, 0.717) is 16.8 Å². The van der Waals surface area contributed by atoms with E-state index in [1.807, 2.05) is 13.8 Å². The van der Waals surface area contributed by atoms with Crippen LogP contribution >= 0.6 is 0 Å². The number of sulfonamides is 1. The van der Waals surface area contributed by atoms with Gasteiger partial charge in [0.15, 0.2) is 0 Å². The van der Waals surface area contributed by atoms with Gasteiger partial charge in [-0.15, -0.1) is 0 Å². The molecule has 0 saturated carbocycles. The molecule has 0 bridgehead atoms. The lowest BCUT2D eigenvalue weighted by molar-refractivity contribution is -0.136. The van der Waals surface area contributed by atoms with Crippen molar-refractivity contribution in [3.8, 4) is 0 Å². The average molecular weight is 446 g/mol. The second-order valence-corrected chi connectivity index (χ2v) is 9.62. The fourth-order valence-electron chi connectivity index (χ4n) is 4.07. The zero-order valence-corrected chi connectivity index (χ0v) is 18.2. The SMILES string of the molecule is Cc1c(S(=O)(=O)Nc2cccc3c2CN(C2CCC(=O)NC2=O)C3=O)cnn1C(C)C. The molecule has 3 heterocycles. The third kappa shape index (κ3) is 3.58. The number of fused-ring (bicyclic) bond motifs is 1. The predicted octanol–water partition coefficient (Wildman–Crippen LogP) is 1.33. The number of nitrogens with zero attached hydrogens (tertiary/aromatic N) is 3. The van der Waals surface area contributed by atoms with Crippen LogP contribution in [-0.4, -0.2) is 46.9 Å². The summed E-state index contributed by atoms with van der Waals surface area (Å²) in [5.41, 5.74) is 1.61. The maximum atomic E-state index is 13.0. The van der Waals surface area contributed by atoms with E-state index in [1.165, 1.54) is 11.1 Å². The molecule has 0 spiro atoms. The topological polar surface area (TPSA) is 130 Å². The van der Waals surface area contributed by atoms with Gasteiger partial charge in [-0.1, -0.05) is 6.07 Å². The lowest BCUT2D eigenvalue weighted by Gasteiger charge is -2.29. The van der Waals surface area contributed by atoms with E-state index in [9.17, 15) is 22.8 Å². The molecule has 11 heteroatoms. The number of piperidine rings is 1. The molecule has 31 heavy (non-hydrogen) atoms. The van der Waals surface area contributed by atoms with Crippen LogP contribution in [0.3, 0.4) is 0 Å². The van der Waals surface area contributed by atoms with Gasteiger partial charge in [-0.2, -0.15) is 5.10 Å². The second-order valence-electron chi connectivity index (χ2n) is 7.97. The second kappa shape index (κ2) is 7.49. The van der Waals surface area contributed by atoms with Crippen molar-refractivity contribution in [2.24, 2.45) is 0 Å². The van der Waals surface area contributed by atoms with E-state index in [4.69, 9.17) is 0 Å². The van der Waals surface area contributed by atoms with Crippen molar-refractivity contribution in [1.82, 2.24) is 20.0 Å². The molecule has 2 aromatic rings. The van der Waals surface area contributed by atoms with Crippen molar-refractivity contribution in [3.63, 3.8) is 0 Å². The van der Waals surface area contributed by atoms with Gasteiger partial charge in [0.05, 0.1) is 17.6 Å². The molecule has 2 N–H and O–H groups in total. The summed E-state index contributed by atoms with van der Waals surface area (Å²) in [4.78, 5) is 38.0. The van der Waals surface area contributed by atoms with Crippen molar-refractivity contribution in [2.75, 3.05) is 4.72 Å². The number of amides is 3. The van der Waals surface area contributed by atoms with Crippen LogP contribution in [0, 0.1) is 6.92 Å². The molecule has 1 atom stereocenters. The molecule has 1 aromatic carbocycles. The molecular formula is C20H23N5O5S. The Balaban J connectivity index is 1.63. The van der Waals surface area contributed by atoms with Gasteiger partial charge in [0.1, 0.15) is 10.9 Å². The smallest absolute Gasteiger partial charge is 0.265 e. The summed E-state index contributed by atoms with van der Waals surface area (Å²) in [5, 5.41) is 6.41. The number of hydrogen-bond acceptors (Lipinski definition) is 6. The van der Waals surface area contributed by atoms with Gasteiger partial charge in [-0.3, -0.25) is 29.1 Å². The number of carbonyl (C=O) groups is 3. The zero-order valence-electron chi connectivity index (χ0n) is 17.4. The van der Waals surface area contributed by atoms with Gasteiger partial charge < -0.3 is 4.90 Å². The van der Waals surface area contributed by atoms with Crippen LogP contribution in [0.5, 0.6) is 0 Å². The third-order valence-electron chi connectivity index (χ3n) is 5.60. The summed E-state index contributed by atoms with van der Waals surface area (Å²) in [6.45, 7) is 5.57. The quantitative estimate of drug-likeness (QED) is 0.668. The van der Waals surface area contributed by atoms with E-state index >= 15 is 0 Å². The van der Waals surface area contributed by atoms with Crippen molar-refractivity contribution in [1.29, 1.82) is 0 Å². The van der Waals surface area contributed by atoms with E-state index in [0.717, 1.165) is 0 Å². The number of imide groups is 1. The molecular weight excluding hydrogens is 422 g/mol. The molecule has 2 aliphatic heterocycles. The normalized spacial score (nSPS) is 19.0. The number of aromatic nitrogens is 2. The maximum absolute atomic E-state index is 13.0. The van der Waals surface area contributed by atoms with Gasteiger partial charge in [-0.05, 0) is 39.3 Å². The van der Waals surface area contributed by atoms with Crippen molar-refractivity contribution < 1.29 is 22.8 Å². The number of nitrogens with one attached hydrogen (secondary N) is 2. The number of hydrogen-bond donors (Lipinski definition) is 2. The van der Waals surface area contributed by atoms with Gasteiger partial charge in [0.2, 0.25) is 11.8 Å². The fraction of sp³-hybridized carbons (Fsp3) is 0.400. The molecule has 1 fully saturated rings. The van der Waals surface area contributed by atoms with E-state index in [1.54, 1.807) is 29.8 Å². The first-order valence-corrected chi connectivity index (χ1v) is 11.4. The molecule has 164 valence electrons. The Bertz CT molecular complexity index is 1200. The standard InChI is InChI=1S/C20H23N5O5S/c1-11(2)25-12(3)17(9-21-25)31(29,30)23-15-6-4-5-13-14(15)10-24(20(13)28)16-7-8-18(26)22-19(16)27/h4-6,9,11,16,23H,7-8,10H2,1-3H3,(H,22,26,27). The van der Waals surface area contributed by atoms with Crippen molar-refractivity contribution in [3.05, 3.63) is 41.2 Å². The number of anilines is 1. The Labute approximate surface area is 179 Å². The summed E-state index contributed by atoms with van der Waals surface area (Å²) >= 11 is 0.